The lowest BCUT2D eigenvalue weighted by molar-refractivity contribution is 0.467. The number of pyridine rings is 1. The first-order valence-electron chi connectivity index (χ1n) is 5.14. The van der Waals surface area contributed by atoms with Crippen LogP contribution in [0.4, 0.5) is 11.4 Å². The van der Waals surface area contributed by atoms with Gasteiger partial charge in [-0.3, -0.25) is 4.98 Å². The van der Waals surface area contributed by atoms with Crippen molar-refractivity contribution in [2.24, 2.45) is 0 Å². The molecule has 0 amide bonds. The number of rotatable bonds is 2. The largest absolute Gasteiger partial charge is 0.507 e. The van der Waals surface area contributed by atoms with Crippen LogP contribution in [0.3, 0.4) is 0 Å². The molecule has 0 aliphatic rings. The molecule has 0 fully saturated rings. The van der Waals surface area contributed by atoms with Gasteiger partial charge >= 0.3 is 0 Å². The van der Waals surface area contributed by atoms with Crippen molar-refractivity contribution in [2.45, 2.75) is 13.8 Å². The monoisotopic (exact) mass is 214 g/mol. The van der Waals surface area contributed by atoms with Crippen molar-refractivity contribution in [3.63, 3.8) is 0 Å². The molecular weight excluding hydrogens is 200 g/mol. The van der Waals surface area contributed by atoms with E-state index >= 15 is 0 Å². The smallest absolute Gasteiger partial charge is 0.123 e. The summed E-state index contributed by atoms with van der Waals surface area (Å²) in [5, 5.41) is 13.1. The van der Waals surface area contributed by atoms with E-state index in [4.69, 9.17) is 0 Å². The highest BCUT2D eigenvalue weighted by atomic mass is 16.3. The molecule has 0 aliphatic heterocycles. The van der Waals surface area contributed by atoms with Crippen LogP contribution < -0.4 is 5.32 Å². The number of nitrogens with zero attached hydrogens (tertiary/aromatic N) is 1. The van der Waals surface area contributed by atoms with E-state index in [0.29, 0.717) is 5.75 Å². The molecule has 0 bridgehead atoms. The van der Waals surface area contributed by atoms with Gasteiger partial charge in [0.05, 0.1) is 0 Å². The molecular formula is C13H14N2O. The Morgan fingerprint density at radius 2 is 1.75 bits per heavy atom. The summed E-state index contributed by atoms with van der Waals surface area (Å²) in [5.41, 5.74) is 3.62. The topological polar surface area (TPSA) is 45.2 Å². The SMILES string of the molecule is Cc1ccc(Nc2ccncc2)c(C)c1O. The molecule has 2 N–H and O–H groups in total. The van der Waals surface area contributed by atoms with Gasteiger partial charge in [-0.1, -0.05) is 6.07 Å². The van der Waals surface area contributed by atoms with Crippen molar-refractivity contribution in [1.82, 2.24) is 4.98 Å². The molecule has 16 heavy (non-hydrogen) atoms. The average Bonchev–Trinajstić information content (AvgIpc) is 2.31. The van der Waals surface area contributed by atoms with E-state index in [-0.39, 0.29) is 0 Å². The predicted octanol–water partition coefficient (Wildman–Crippen LogP) is 3.15. The maximum atomic E-state index is 9.81. The summed E-state index contributed by atoms with van der Waals surface area (Å²) in [7, 11) is 0. The quantitative estimate of drug-likeness (QED) is 0.807. The number of phenols is 1. The Kier molecular flexibility index (Phi) is 2.77. The van der Waals surface area contributed by atoms with E-state index < -0.39 is 0 Å². The second-order valence-electron chi connectivity index (χ2n) is 3.76. The fraction of sp³-hybridized carbons (Fsp3) is 0.154. The van der Waals surface area contributed by atoms with Crippen LogP contribution in [-0.4, -0.2) is 10.1 Å². The van der Waals surface area contributed by atoms with Crippen molar-refractivity contribution >= 4 is 11.4 Å². The van der Waals surface area contributed by atoms with Crippen molar-refractivity contribution < 1.29 is 5.11 Å². The Bertz CT molecular complexity index is 495. The van der Waals surface area contributed by atoms with Gasteiger partial charge < -0.3 is 10.4 Å². The highest BCUT2D eigenvalue weighted by molar-refractivity contribution is 5.66. The van der Waals surface area contributed by atoms with Crippen LogP contribution in [0.15, 0.2) is 36.7 Å². The molecule has 0 aliphatic carbocycles. The van der Waals surface area contributed by atoms with E-state index in [2.05, 4.69) is 10.3 Å². The van der Waals surface area contributed by atoms with Crippen molar-refractivity contribution in [2.75, 3.05) is 5.32 Å². The molecule has 0 saturated carbocycles. The van der Waals surface area contributed by atoms with Crippen LogP contribution in [0, 0.1) is 13.8 Å². The number of phenolic OH excluding ortho intramolecular Hbond substituents is 1. The van der Waals surface area contributed by atoms with Crippen LogP contribution in [0.1, 0.15) is 11.1 Å². The van der Waals surface area contributed by atoms with Gasteiger partial charge in [-0.25, -0.2) is 0 Å². The molecule has 1 aromatic heterocycles. The van der Waals surface area contributed by atoms with Gasteiger partial charge in [0.1, 0.15) is 5.75 Å². The zero-order valence-electron chi connectivity index (χ0n) is 9.36. The molecule has 2 aromatic rings. The van der Waals surface area contributed by atoms with E-state index in [0.717, 1.165) is 22.5 Å². The molecule has 0 spiro atoms. The summed E-state index contributed by atoms with van der Waals surface area (Å²) in [6, 6.07) is 7.63. The van der Waals surface area contributed by atoms with Crippen LogP contribution >= 0.6 is 0 Å². The maximum Gasteiger partial charge on any atom is 0.123 e. The summed E-state index contributed by atoms with van der Waals surface area (Å²) < 4.78 is 0. The van der Waals surface area contributed by atoms with E-state index in [9.17, 15) is 5.11 Å². The van der Waals surface area contributed by atoms with E-state index in [1.54, 1.807) is 12.4 Å². The van der Waals surface area contributed by atoms with Crippen molar-refractivity contribution in [3.8, 4) is 5.75 Å². The molecule has 1 heterocycles. The summed E-state index contributed by atoms with van der Waals surface area (Å²) in [5.74, 6) is 0.346. The fourth-order valence-electron chi connectivity index (χ4n) is 1.56. The maximum absolute atomic E-state index is 9.81. The van der Waals surface area contributed by atoms with Gasteiger partial charge in [-0.05, 0) is 37.6 Å². The van der Waals surface area contributed by atoms with Crippen LogP contribution in [0.25, 0.3) is 0 Å². The van der Waals surface area contributed by atoms with E-state index in [1.165, 1.54) is 0 Å². The lowest BCUT2D eigenvalue weighted by atomic mass is 10.1. The van der Waals surface area contributed by atoms with E-state index in [1.807, 2.05) is 38.1 Å². The third kappa shape index (κ3) is 1.98. The minimum absolute atomic E-state index is 0.346. The van der Waals surface area contributed by atoms with Gasteiger partial charge in [-0.2, -0.15) is 0 Å². The highest BCUT2D eigenvalue weighted by Crippen LogP contribution is 2.29. The molecule has 0 atom stereocenters. The van der Waals surface area contributed by atoms with Crippen LogP contribution in [0.2, 0.25) is 0 Å². The Hall–Kier alpha value is -2.03. The molecule has 2 rings (SSSR count). The summed E-state index contributed by atoms with van der Waals surface area (Å²) in [6.07, 6.45) is 3.46. The average molecular weight is 214 g/mol. The second-order valence-corrected chi connectivity index (χ2v) is 3.76. The number of anilines is 2. The van der Waals surface area contributed by atoms with Gasteiger partial charge in [0.2, 0.25) is 0 Å². The van der Waals surface area contributed by atoms with Gasteiger partial charge in [0.25, 0.3) is 0 Å². The van der Waals surface area contributed by atoms with Crippen LogP contribution in [0.5, 0.6) is 5.75 Å². The molecule has 0 radical (unpaired) electrons. The van der Waals surface area contributed by atoms with Gasteiger partial charge in [0, 0.05) is 29.3 Å². The number of aryl methyl sites for hydroxylation is 1. The van der Waals surface area contributed by atoms with Crippen LogP contribution in [-0.2, 0) is 0 Å². The third-order valence-corrected chi connectivity index (χ3v) is 2.59. The summed E-state index contributed by atoms with van der Waals surface area (Å²) >= 11 is 0. The number of hydrogen-bond acceptors (Lipinski definition) is 3. The second kappa shape index (κ2) is 4.23. The Labute approximate surface area is 94.8 Å². The number of aromatic nitrogens is 1. The highest BCUT2D eigenvalue weighted by Gasteiger charge is 2.05. The standard InChI is InChI=1S/C13H14N2O/c1-9-3-4-12(10(2)13(9)16)15-11-5-7-14-8-6-11/h3-8,16H,1-2H3,(H,14,15). The molecule has 3 heteroatoms. The third-order valence-electron chi connectivity index (χ3n) is 2.59. The molecule has 0 unspecified atom stereocenters. The van der Waals surface area contributed by atoms with Crippen molar-refractivity contribution in [1.29, 1.82) is 0 Å². The minimum atomic E-state index is 0.346. The molecule has 3 nitrogen and oxygen atoms in total. The first kappa shape index (κ1) is 10.5. The Balaban J connectivity index is 2.33. The fourth-order valence-corrected chi connectivity index (χ4v) is 1.56. The normalized spacial score (nSPS) is 10.1. The Morgan fingerprint density at radius 1 is 1.06 bits per heavy atom. The zero-order chi connectivity index (χ0) is 11.5. The number of nitrogens with one attached hydrogen (secondary N) is 1. The first-order chi connectivity index (χ1) is 7.68. The van der Waals surface area contributed by atoms with Crippen molar-refractivity contribution in [3.05, 3.63) is 47.8 Å². The molecule has 0 saturated heterocycles. The zero-order valence-corrected chi connectivity index (χ0v) is 9.36. The number of hydrogen-bond donors (Lipinski definition) is 2. The molecule has 1 aromatic carbocycles. The molecule has 82 valence electrons. The number of benzene rings is 1. The Morgan fingerprint density at radius 3 is 2.44 bits per heavy atom. The first-order valence-corrected chi connectivity index (χ1v) is 5.14. The summed E-state index contributed by atoms with van der Waals surface area (Å²) in [6.45, 7) is 3.78. The lowest BCUT2D eigenvalue weighted by Crippen LogP contribution is -1.94. The summed E-state index contributed by atoms with van der Waals surface area (Å²) in [4.78, 5) is 3.95. The lowest BCUT2D eigenvalue weighted by Gasteiger charge is -2.11. The van der Waals surface area contributed by atoms with Gasteiger partial charge in [-0.15, -0.1) is 0 Å². The minimum Gasteiger partial charge on any atom is -0.507 e. The predicted molar refractivity (Wildman–Crippen MR) is 65.1 cm³/mol. The van der Waals surface area contributed by atoms with Gasteiger partial charge in [0.15, 0.2) is 0 Å². The number of aromatic hydroxyl groups is 1.